The minimum Gasteiger partial charge on any atom is -0.337 e. The van der Waals surface area contributed by atoms with Crippen LogP contribution in [0.3, 0.4) is 0 Å². The maximum absolute atomic E-state index is 13.2. The molecule has 3 aliphatic rings. The highest BCUT2D eigenvalue weighted by Crippen LogP contribution is 2.36. The van der Waals surface area contributed by atoms with Crippen molar-refractivity contribution in [1.29, 1.82) is 0 Å². The first-order chi connectivity index (χ1) is 14.1. The van der Waals surface area contributed by atoms with Gasteiger partial charge in [0.2, 0.25) is 0 Å². The smallest absolute Gasteiger partial charge is 0.263 e. The fourth-order valence-electron chi connectivity index (χ4n) is 5.30. The zero-order chi connectivity index (χ0) is 20.0. The monoisotopic (exact) mass is 411 g/mol. The number of carbonyl (C=O) groups excluding carboxylic acids is 1. The number of aromatic nitrogens is 1. The maximum atomic E-state index is 13.2. The maximum Gasteiger partial charge on any atom is 0.263 e. The average molecular weight is 412 g/mol. The number of hydrogen-bond donors (Lipinski definition) is 0. The summed E-state index contributed by atoms with van der Waals surface area (Å²) < 4.78 is 2.02. The SMILES string of the molecule is CCc1ccc(C(=O)N2C[C@@H]3C[C@H](C2)c2ccc(CN4CCCC4)c(=O)n2C3)s1. The van der Waals surface area contributed by atoms with Gasteiger partial charge in [-0.25, -0.2) is 0 Å². The van der Waals surface area contributed by atoms with Gasteiger partial charge in [0, 0.05) is 48.2 Å². The normalized spacial score (nSPS) is 24.0. The van der Waals surface area contributed by atoms with Crippen molar-refractivity contribution < 1.29 is 4.79 Å². The molecule has 2 atom stereocenters. The van der Waals surface area contributed by atoms with E-state index in [0.29, 0.717) is 5.92 Å². The summed E-state index contributed by atoms with van der Waals surface area (Å²) in [7, 11) is 0. The Morgan fingerprint density at radius 3 is 2.69 bits per heavy atom. The summed E-state index contributed by atoms with van der Waals surface area (Å²) >= 11 is 1.62. The lowest BCUT2D eigenvalue weighted by molar-refractivity contribution is 0.0599. The van der Waals surface area contributed by atoms with E-state index in [1.807, 2.05) is 21.6 Å². The van der Waals surface area contributed by atoms with Gasteiger partial charge in [0.15, 0.2) is 0 Å². The Morgan fingerprint density at radius 1 is 1.10 bits per heavy atom. The molecule has 0 unspecified atom stereocenters. The lowest BCUT2D eigenvalue weighted by Gasteiger charge is -2.42. The van der Waals surface area contributed by atoms with Crippen LogP contribution >= 0.6 is 11.3 Å². The van der Waals surface area contributed by atoms with Gasteiger partial charge in [-0.05, 0) is 62.9 Å². The summed E-state index contributed by atoms with van der Waals surface area (Å²) in [6.07, 6.45) is 4.53. The van der Waals surface area contributed by atoms with Gasteiger partial charge in [0.1, 0.15) is 0 Å². The van der Waals surface area contributed by atoms with E-state index in [2.05, 4.69) is 24.0 Å². The molecule has 0 saturated carbocycles. The molecule has 0 spiro atoms. The topological polar surface area (TPSA) is 45.6 Å². The molecule has 2 bridgehead atoms. The molecule has 0 aliphatic carbocycles. The molecule has 6 heteroatoms. The Morgan fingerprint density at radius 2 is 1.93 bits per heavy atom. The first kappa shape index (κ1) is 19.1. The summed E-state index contributed by atoms with van der Waals surface area (Å²) in [4.78, 5) is 32.7. The number of piperidine rings is 1. The number of hydrogen-bond acceptors (Lipinski definition) is 4. The third-order valence-electron chi connectivity index (χ3n) is 6.78. The van der Waals surface area contributed by atoms with E-state index in [9.17, 15) is 9.59 Å². The van der Waals surface area contributed by atoms with Crippen LogP contribution in [0, 0.1) is 5.92 Å². The molecule has 0 N–H and O–H groups in total. The van der Waals surface area contributed by atoms with E-state index in [1.165, 1.54) is 17.7 Å². The van der Waals surface area contributed by atoms with E-state index in [-0.39, 0.29) is 17.4 Å². The number of likely N-dealkylation sites (tertiary alicyclic amines) is 2. The highest BCUT2D eigenvalue weighted by Gasteiger charge is 2.37. The van der Waals surface area contributed by atoms with Crippen molar-refractivity contribution in [3.63, 3.8) is 0 Å². The van der Waals surface area contributed by atoms with Crippen LogP contribution in [-0.4, -0.2) is 46.5 Å². The molecule has 29 heavy (non-hydrogen) atoms. The Bertz CT molecular complexity index is 973. The number of pyridine rings is 1. The van der Waals surface area contributed by atoms with Gasteiger partial charge in [-0.1, -0.05) is 13.0 Å². The Labute approximate surface area is 175 Å². The van der Waals surface area contributed by atoms with Crippen LogP contribution in [0.4, 0.5) is 0 Å². The molecule has 2 aromatic heterocycles. The summed E-state index contributed by atoms with van der Waals surface area (Å²) in [5, 5.41) is 0. The van der Waals surface area contributed by atoms with Crippen LogP contribution in [0.5, 0.6) is 0 Å². The molecule has 5 nitrogen and oxygen atoms in total. The van der Waals surface area contributed by atoms with Gasteiger partial charge in [0.05, 0.1) is 4.88 Å². The first-order valence-electron chi connectivity index (χ1n) is 11.0. The lowest BCUT2D eigenvalue weighted by atomic mass is 9.83. The van der Waals surface area contributed by atoms with Gasteiger partial charge in [-0.15, -0.1) is 11.3 Å². The Kier molecular flexibility index (Phi) is 5.08. The van der Waals surface area contributed by atoms with Crippen molar-refractivity contribution in [1.82, 2.24) is 14.4 Å². The second kappa shape index (κ2) is 7.73. The third-order valence-corrected chi connectivity index (χ3v) is 8.00. The van der Waals surface area contributed by atoms with Crippen molar-refractivity contribution in [3.8, 4) is 0 Å². The van der Waals surface area contributed by atoms with Gasteiger partial charge >= 0.3 is 0 Å². The number of fused-ring (bicyclic) bond motifs is 4. The Hall–Kier alpha value is -1.92. The fraction of sp³-hybridized carbons (Fsp3) is 0.565. The van der Waals surface area contributed by atoms with Crippen LogP contribution in [0.1, 0.15) is 57.9 Å². The van der Waals surface area contributed by atoms with Crippen molar-refractivity contribution >= 4 is 17.2 Å². The van der Waals surface area contributed by atoms with Gasteiger partial charge in [-0.2, -0.15) is 0 Å². The number of rotatable bonds is 4. The van der Waals surface area contributed by atoms with Crippen LogP contribution in [0.2, 0.25) is 0 Å². The van der Waals surface area contributed by atoms with Crippen LogP contribution < -0.4 is 5.56 Å². The van der Waals surface area contributed by atoms with E-state index in [4.69, 9.17) is 0 Å². The molecule has 154 valence electrons. The molecule has 2 saturated heterocycles. The largest absolute Gasteiger partial charge is 0.337 e. The number of thiophene rings is 1. The average Bonchev–Trinajstić information content (AvgIpc) is 3.41. The van der Waals surface area contributed by atoms with Crippen molar-refractivity contribution in [2.45, 2.75) is 51.6 Å². The zero-order valence-corrected chi connectivity index (χ0v) is 17.9. The van der Waals surface area contributed by atoms with Crippen molar-refractivity contribution in [2.75, 3.05) is 26.2 Å². The fourth-order valence-corrected chi connectivity index (χ4v) is 6.21. The van der Waals surface area contributed by atoms with Crippen LogP contribution in [0.15, 0.2) is 29.1 Å². The molecule has 3 aliphatic heterocycles. The highest BCUT2D eigenvalue weighted by atomic mass is 32.1. The second-order valence-corrected chi connectivity index (χ2v) is 9.98. The number of amides is 1. The molecule has 2 aromatic rings. The molecule has 0 aromatic carbocycles. The molecule has 0 radical (unpaired) electrons. The lowest BCUT2D eigenvalue weighted by Crippen LogP contribution is -2.49. The highest BCUT2D eigenvalue weighted by molar-refractivity contribution is 7.14. The third kappa shape index (κ3) is 3.57. The predicted molar refractivity (Wildman–Crippen MR) is 116 cm³/mol. The van der Waals surface area contributed by atoms with E-state index in [0.717, 1.165) is 68.2 Å². The quantitative estimate of drug-likeness (QED) is 0.775. The molecule has 1 amide bonds. The van der Waals surface area contributed by atoms with Crippen molar-refractivity contribution in [3.05, 3.63) is 55.6 Å². The molecular formula is C23H29N3O2S. The molecule has 2 fully saturated rings. The minimum absolute atomic E-state index is 0.158. The van der Waals surface area contributed by atoms with E-state index < -0.39 is 0 Å². The van der Waals surface area contributed by atoms with Crippen LogP contribution in [0.25, 0.3) is 0 Å². The summed E-state index contributed by atoms with van der Waals surface area (Å²) in [5.74, 6) is 0.798. The number of aryl methyl sites for hydroxylation is 1. The molecule has 5 heterocycles. The molecule has 5 rings (SSSR count). The standard InChI is InChI=1S/C23H29N3O2S/c1-2-19-6-8-21(29-19)23(28)25-12-16-11-18(15-25)20-7-5-17(22(27)26(20)13-16)14-24-9-3-4-10-24/h5-8,16,18H,2-4,9-15H2,1H3/t16-,18+/m0/s1. The van der Waals surface area contributed by atoms with Crippen molar-refractivity contribution in [2.24, 2.45) is 5.92 Å². The summed E-state index contributed by atoms with van der Waals surface area (Å²) in [6.45, 7) is 7.33. The van der Waals surface area contributed by atoms with Crippen LogP contribution in [-0.2, 0) is 19.5 Å². The molecular weight excluding hydrogens is 382 g/mol. The number of nitrogens with zero attached hydrogens (tertiary/aromatic N) is 3. The minimum atomic E-state index is 0.158. The second-order valence-electron chi connectivity index (χ2n) is 8.81. The summed E-state index contributed by atoms with van der Waals surface area (Å²) in [6, 6.07) is 8.24. The van der Waals surface area contributed by atoms with Gasteiger partial charge < -0.3 is 9.47 Å². The number of carbonyl (C=O) groups is 1. The van der Waals surface area contributed by atoms with Gasteiger partial charge in [0.25, 0.3) is 11.5 Å². The first-order valence-corrected chi connectivity index (χ1v) is 11.8. The zero-order valence-electron chi connectivity index (χ0n) is 17.1. The summed E-state index contributed by atoms with van der Waals surface area (Å²) in [5.41, 5.74) is 2.23. The Balaban J connectivity index is 1.37. The van der Waals surface area contributed by atoms with Gasteiger partial charge in [-0.3, -0.25) is 14.5 Å². The van der Waals surface area contributed by atoms with E-state index >= 15 is 0 Å². The predicted octanol–water partition coefficient (Wildman–Crippen LogP) is 3.33. The van der Waals surface area contributed by atoms with E-state index in [1.54, 1.807) is 11.3 Å².